The number of ether oxygens (including phenoxy) is 2. The van der Waals surface area contributed by atoms with E-state index in [1.807, 2.05) is 18.2 Å². The molecule has 1 aliphatic carbocycles. The van der Waals surface area contributed by atoms with Crippen molar-refractivity contribution in [2.24, 2.45) is 0 Å². The van der Waals surface area contributed by atoms with Gasteiger partial charge in [-0.2, -0.15) is 0 Å². The highest BCUT2D eigenvalue weighted by Gasteiger charge is 2.18. The molecule has 0 saturated heterocycles. The first-order valence-electron chi connectivity index (χ1n) is 4.45. The molecule has 0 radical (unpaired) electrons. The van der Waals surface area contributed by atoms with E-state index in [9.17, 15) is 4.79 Å². The second kappa shape index (κ2) is 3.96. The Morgan fingerprint density at radius 1 is 1.36 bits per heavy atom. The molecule has 3 nitrogen and oxygen atoms in total. The minimum absolute atomic E-state index is 0.0984. The van der Waals surface area contributed by atoms with Crippen LogP contribution >= 0.6 is 0 Å². The lowest BCUT2D eigenvalue weighted by Gasteiger charge is -2.11. The van der Waals surface area contributed by atoms with Gasteiger partial charge in [0.25, 0.3) is 0 Å². The maximum absolute atomic E-state index is 11.7. The summed E-state index contributed by atoms with van der Waals surface area (Å²) in [4.78, 5) is 11.7. The van der Waals surface area contributed by atoms with Crippen LogP contribution in [0.1, 0.15) is 12.8 Å². The summed E-state index contributed by atoms with van der Waals surface area (Å²) >= 11 is 0. The third-order valence-electron chi connectivity index (χ3n) is 2.03. The van der Waals surface area contributed by atoms with Gasteiger partial charge in [0.15, 0.2) is 0 Å². The molecule has 2 rings (SSSR count). The number of rotatable bonds is 2. The monoisotopic (exact) mass is 190 g/mol. The molecule has 0 atom stereocenters. The van der Waals surface area contributed by atoms with E-state index in [-0.39, 0.29) is 11.5 Å². The van der Waals surface area contributed by atoms with Crippen molar-refractivity contribution in [1.82, 2.24) is 0 Å². The SMILES string of the molecule is O=C(C1=CC=CCC1)C1=COC=CO1. The van der Waals surface area contributed by atoms with E-state index in [1.54, 1.807) is 0 Å². The van der Waals surface area contributed by atoms with Gasteiger partial charge < -0.3 is 9.47 Å². The van der Waals surface area contributed by atoms with Crippen LogP contribution in [0.15, 0.2) is 48.3 Å². The number of Topliss-reactive ketones (excluding diaryl/α,β-unsaturated/α-hetero) is 1. The molecule has 0 N–H and O–H groups in total. The highest BCUT2D eigenvalue weighted by Crippen LogP contribution is 2.18. The second-order valence-corrected chi connectivity index (χ2v) is 3.00. The molecule has 0 aromatic carbocycles. The predicted octanol–water partition coefficient (Wildman–Crippen LogP) is 2.19. The molecule has 14 heavy (non-hydrogen) atoms. The van der Waals surface area contributed by atoms with Gasteiger partial charge in [0.1, 0.15) is 18.8 Å². The summed E-state index contributed by atoms with van der Waals surface area (Å²) in [6.45, 7) is 0. The van der Waals surface area contributed by atoms with Crippen LogP contribution in [-0.2, 0) is 14.3 Å². The Morgan fingerprint density at radius 2 is 2.29 bits per heavy atom. The van der Waals surface area contributed by atoms with Crippen LogP contribution in [0.25, 0.3) is 0 Å². The molecule has 0 fully saturated rings. The Morgan fingerprint density at radius 3 is 2.93 bits per heavy atom. The zero-order valence-electron chi connectivity index (χ0n) is 7.60. The average Bonchev–Trinajstić information content (AvgIpc) is 2.30. The first-order valence-corrected chi connectivity index (χ1v) is 4.45. The number of ketones is 1. The van der Waals surface area contributed by atoms with Crippen molar-refractivity contribution in [2.75, 3.05) is 0 Å². The summed E-state index contributed by atoms with van der Waals surface area (Å²) in [5.41, 5.74) is 0.762. The van der Waals surface area contributed by atoms with Crippen molar-refractivity contribution in [3.05, 3.63) is 48.3 Å². The molecule has 0 unspecified atom stereocenters. The molecule has 0 spiro atoms. The molecule has 1 aliphatic heterocycles. The van der Waals surface area contributed by atoms with Crippen molar-refractivity contribution in [2.45, 2.75) is 12.8 Å². The van der Waals surface area contributed by atoms with E-state index in [4.69, 9.17) is 9.47 Å². The van der Waals surface area contributed by atoms with Crippen LogP contribution in [0.3, 0.4) is 0 Å². The lowest BCUT2D eigenvalue weighted by Crippen LogP contribution is -2.10. The van der Waals surface area contributed by atoms with Gasteiger partial charge in [0.05, 0.1) is 0 Å². The molecule has 1 heterocycles. The molecule has 0 bridgehead atoms. The van der Waals surface area contributed by atoms with Gasteiger partial charge in [-0.1, -0.05) is 18.2 Å². The van der Waals surface area contributed by atoms with Gasteiger partial charge in [0.2, 0.25) is 11.5 Å². The Balaban J connectivity index is 2.11. The van der Waals surface area contributed by atoms with Crippen molar-refractivity contribution in [3.63, 3.8) is 0 Å². The predicted molar refractivity (Wildman–Crippen MR) is 50.9 cm³/mol. The Hall–Kier alpha value is -1.77. The van der Waals surface area contributed by atoms with Gasteiger partial charge >= 0.3 is 0 Å². The first kappa shape index (κ1) is 8.81. The Kier molecular flexibility index (Phi) is 2.49. The van der Waals surface area contributed by atoms with E-state index in [0.29, 0.717) is 0 Å². The third kappa shape index (κ3) is 1.76. The van der Waals surface area contributed by atoms with Crippen LogP contribution < -0.4 is 0 Å². The normalized spacial score (nSPS) is 19.1. The van der Waals surface area contributed by atoms with Crippen molar-refractivity contribution < 1.29 is 14.3 Å². The summed E-state index contributed by atoms with van der Waals surface area (Å²) in [5.74, 6) is 0.146. The van der Waals surface area contributed by atoms with E-state index in [0.717, 1.165) is 18.4 Å². The van der Waals surface area contributed by atoms with Crippen molar-refractivity contribution >= 4 is 5.78 Å². The lowest BCUT2D eigenvalue weighted by molar-refractivity contribution is -0.115. The largest absolute Gasteiger partial charge is 0.465 e. The highest BCUT2D eigenvalue weighted by molar-refractivity contribution is 6.07. The maximum Gasteiger partial charge on any atom is 0.227 e. The van der Waals surface area contributed by atoms with Crippen LogP contribution in [0.4, 0.5) is 0 Å². The summed E-state index contributed by atoms with van der Waals surface area (Å²) < 4.78 is 9.89. The molecule has 0 aromatic heterocycles. The van der Waals surface area contributed by atoms with Gasteiger partial charge in [-0.25, -0.2) is 0 Å². The molecular formula is C11H10O3. The van der Waals surface area contributed by atoms with E-state index >= 15 is 0 Å². The third-order valence-corrected chi connectivity index (χ3v) is 2.03. The lowest BCUT2D eigenvalue weighted by atomic mass is 10.0. The summed E-state index contributed by atoms with van der Waals surface area (Å²) in [6.07, 6.45) is 11.5. The van der Waals surface area contributed by atoms with Gasteiger partial charge in [0, 0.05) is 5.57 Å². The second-order valence-electron chi connectivity index (χ2n) is 3.00. The minimum atomic E-state index is -0.0984. The van der Waals surface area contributed by atoms with E-state index in [2.05, 4.69) is 0 Å². The average molecular weight is 190 g/mol. The zero-order chi connectivity index (χ0) is 9.80. The van der Waals surface area contributed by atoms with E-state index in [1.165, 1.54) is 18.8 Å². The molecule has 72 valence electrons. The number of carbonyl (C=O) groups is 1. The smallest absolute Gasteiger partial charge is 0.227 e. The molecule has 3 heteroatoms. The summed E-state index contributed by atoms with van der Waals surface area (Å²) in [7, 11) is 0. The summed E-state index contributed by atoms with van der Waals surface area (Å²) in [5, 5.41) is 0. The fourth-order valence-electron chi connectivity index (χ4n) is 1.32. The standard InChI is InChI=1S/C11H10O3/c12-11(9-4-2-1-3-5-9)10-8-13-6-7-14-10/h1-2,4,6-8H,3,5H2. The first-order chi connectivity index (χ1) is 6.88. The molecular weight excluding hydrogens is 180 g/mol. The fraction of sp³-hybridized carbons (Fsp3) is 0.182. The van der Waals surface area contributed by atoms with E-state index < -0.39 is 0 Å². The molecule has 0 saturated carbocycles. The number of allylic oxidation sites excluding steroid dienone is 4. The number of hydrogen-bond acceptors (Lipinski definition) is 3. The zero-order valence-corrected chi connectivity index (χ0v) is 7.60. The molecule has 2 aliphatic rings. The summed E-state index contributed by atoms with van der Waals surface area (Å²) in [6, 6.07) is 0. The van der Waals surface area contributed by atoms with Crippen LogP contribution in [0.5, 0.6) is 0 Å². The van der Waals surface area contributed by atoms with Crippen LogP contribution in [-0.4, -0.2) is 5.78 Å². The quantitative estimate of drug-likeness (QED) is 0.669. The highest BCUT2D eigenvalue weighted by atomic mass is 16.5. The molecule has 0 aromatic rings. The maximum atomic E-state index is 11.7. The number of carbonyl (C=O) groups excluding carboxylic acids is 1. The minimum Gasteiger partial charge on any atom is -0.465 e. The van der Waals surface area contributed by atoms with Crippen molar-refractivity contribution in [1.29, 1.82) is 0 Å². The van der Waals surface area contributed by atoms with Crippen LogP contribution in [0, 0.1) is 0 Å². The fourth-order valence-corrected chi connectivity index (χ4v) is 1.32. The van der Waals surface area contributed by atoms with Crippen molar-refractivity contribution in [3.8, 4) is 0 Å². The topological polar surface area (TPSA) is 35.5 Å². The van der Waals surface area contributed by atoms with Crippen LogP contribution in [0.2, 0.25) is 0 Å². The Bertz CT molecular complexity index is 359. The number of hydrogen-bond donors (Lipinski definition) is 0. The Labute approximate surface area is 82.0 Å². The van der Waals surface area contributed by atoms with Gasteiger partial charge in [-0.3, -0.25) is 4.79 Å². The van der Waals surface area contributed by atoms with Gasteiger partial charge in [-0.15, -0.1) is 0 Å². The van der Waals surface area contributed by atoms with Gasteiger partial charge in [-0.05, 0) is 12.8 Å². The molecule has 0 amide bonds.